The molecule has 2 aromatic rings. The second-order valence-corrected chi connectivity index (χ2v) is 8.36. The number of carbonyl (C=O) groups excluding carboxylic acids is 2. The second kappa shape index (κ2) is 11.5. The molecule has 5 nitrogen and oxygen atoms in total. The molecule has 0 saturated carbocycles. The molecule has 1 N–H and O–H groups in total. The number of nitrogens with one attached hydrogen (secondary N) is 1. The van der Waals surface area contributed by atoms with E-state index >= 15 is 0 Å². The first-order chi connectivity index (χ1) is 14.7. The Morgan fingerprint density at radius 2 is 1.55 bits per heavy atom. The van der Waals surface area contributed by atoms with Gasteiger partial charge in [-0.15, -0.1) is 0 Å². The van der Waals surface area contributed by atoms with Crippen LogP contribution in [-0.4, -0.2) is 35.4 Å². The number of hydrogen-bond acceptors (Lipinski definition) is 3. The third kappa shape index (κ3) is 7.42. The zero-order valence-corrected chi connectivity index (χ0v) is 19.7. The number of carbonyl (C=O) groups is 2. The van der Waals surface area contributed by atoms with E-state index in [0.717, 1.165) is 28.7 Å². The van der Waals surface area contributed by atoms with Gasteiger partial charge in [0.15, 0.2) is 6.61 Å². The Labute approximate surface area is 186 Å². The molecule has 0 bridgehead atoms. The van der Waals surface area contributed by atoms with Crippen molar-refractivity contribution in [3.05, 3.63) is 64.7 Å². The highest BCUT2D eigenvalue weighted by Gasteiger charge is 2.29. The number of amides is 2. The maximum Gasteiger partial charge on any atom is 0.261 e. The van der Waals surface area contributed by atoms with Crippen molar-refractivity contribution in [2.75, 3.05) is 6.61 Å². The van der Waals surface area contributed by atoms with Crippen LogP contribution >= 0.6 is 0 Å². The Balaban J connectivity index is 2.22. The van der Waals surface area contributed by atoms with E-state index in [2.05, 4.69) is 11.4 Å². The lowest BCUT2D eigenvalue weighted by molar-refractivity contribution is -0.143. The van der Waals surface area contributed by atoms with Crippen LogP contribution in [0.3, 0.4) is 0 Å². The molecule has 5 heteroatoms. The molecule has 0 heterocycles. The van der Waals surface area contributed by atoms with Crippen molar-refractivity contribution < 1.29 is 14.3 Å². The van der Waals surface area contributed by atoms with E-state index in [4.69, 9.17) is 4.74 Å². The Bertz CT molecular complexity index is 856. The van der Waals surface area contributed by atoms with Crippen LogP contribution in [0.1, 0.15) is 55.9 Å². The molecule has 0 aliphatic heterocycles. The van der Waals surface area contributed by atoms with Crippen LogP contribution < -0.4 is 10.1 Å². The van der Waals surface area contributed by atoms with E-state index in [1.807, 2.05) is 77.9 Å². The van der Waals surface area contributed by atoms with Crippen molar-refractivity contribution in [1.82, 2.24) is 10.2 Å². The van der Waals surface area contributed by atoms with Crippen molar-refractivity contribution in [3.8, 4) is 5.75 Å². The van der Waals surface area contributed by atoms with Gasteiger partial charge >= 0.3 is 0 Å². The van der Waals surface area contributed by atoms with Gasteiger partial charge in [-0.1, -0.05) is 49.7 Å². The van der Waals surface area contributed by atoms with E-state index in [9.17, 15) is 9.59 Å². The van der Waals surface area contributed by atoms with Crippen LogP contribution in [-0.2, 0) is 16.1 Å². The lowest BCUT2D eigenvalue weighted by Gasteiger charge is -2.31. The normalized spacial score (nSPS) is 12.7. The van der Waals surface area contributed by atoms with E-state index in [0.29, 0.717) is 18.7 Å². The van der Waals surface area contributed by atoms with Gasteiger partial charge in [-0.25, -0.2) is 0 Å². The maximum atomic E-state index is 13.2. The van der Waals surface area contributed by atoms with E-state index < -0.39 is 6.04 Å². The maximum absolute atomic E-state index is 13.2. The van der Waals surface area contributed by atoms with Crippen LogP contribution in [0.25, 0.3) is 0 Å². The van der Waals surface area contributed by atoms with Crippen molar-refractivity contribution >= 4 is 11.8 Å². The van der Waals surface area contributed by atoms with Crippen LogP contribution in [0.15, 0.2) is 42.5 Å². The highest BCUT2D eigenvalue weighted by Crippen LogP contribution is 2.18. The van der Waals surface area contributed by atoms with Crippen LogP contribution in [0.5, 0.6) is 5.75 Å². The molecular weight excluding hydrogens is 388 g/mol. The monoisotopic (exact) mass is 424 g/mol. The molecule has 0 saturated heterocycles. The lowest BCUT2D eigenvalue weighted by Crippen LogP contribution is -2.51. The van der Waals surface area contributed by atoms with Gasteiger partial charge in [0, 0.05) is 12.6 Å². The zero-order chi connectivity index (χ0) is 23.0. The minimum atomic E-state index is -0.550. The van der Waals surface area contributed by atoms with Gasteiger partial charge in [-0.2, -0.15) is 0 Å². The summed E-state index contributed by atoms with van der Waals surface area (Å²) in [6, 6.07) is 13.4. The predicted octanol–water partition coefficient (Wildman–Crippen LogP) is 4.71. The van der Waals surface area contributed by atoms with E-state index in [-0.39, 0.29) is 24.5 Å². The lowest BCUT2D eigenvalue weighted by atomic mass is 10.1. The molecule has 0 aromatic heterocycles. The Hall–Kier alpha value is -2.82. The fourth-order valence-corrected chi connectivity index (χ4v) is 3.50. The first-order valence-electron chi connectivity index (χ1n) is 11.1. The Kier molecular flexibility index (Phi) is 9.10. The zero-order valence-electron chi connectivity index (χ0n) is 19.7. The van der Waals surface area contributed by atoms with E-state index in [1.54, 1.807) is 4.90 Å². The third-order valence-corrected chi connectivity index (χ3v) is 5.42. The topological polar surface area (TPSA) is 58.6 Å². The molecule has 0 aliphatic rings. The van der Waals surface area contributed by atoms with Gasteiger partial charge < -0.3 is 15.0 Å². The Morgan fingerprint density at radius 3 is 2.10 bits per heavy atom. The summed E-state index contributed by atoms with van der Waals surface area (Å²) in [6.07, 6.45) is 1.37. The van der Waals surface area contributed by atoms with Gasteiger partial charge in [-0.3, -0.25) is 9.59 Å². The molecule has 0 unspecified atom stereocenters. The molecule has 0 radical (unpaired) electrons. The molecular formula is C26H36N2O3. The summed E-state index contributed by atoms with van der Waals surface area (Å²) in [7, 11) is 0. The molecule has 2 rings (SSSR count). The molecule has 2 aromatic carbocycles. The third-order valence-electron chi connectivity index (χ3n) is 5.42. The molecule has 168 valence electrons. The van der Waals surface area contributed by atoms with Gasteiger partial charge in [-0.05, 0) is 69.4 Å². The molecule has 0 fully saturated rings. The quantitative estimate of drug-likeness (QED) is 0.601. The van der Waals surface area contributed by atoms with Crippen LogP contribution in [0, 0.1) is 20.8 Å². The van der Waals surface area contributed by atoms with Crippen LogP contribution in [0.2, 0.25) is 0 Å². The SMILES string of the molecule is CC[C@H](C)NC(=O)[C@H](CC)N(Cc1ccc(C)cc1)C(=O)COc1cc(C)cc(C)c1. The minimum absolute atomic E-state index is 0.0596. The number of rotatable bonds is 10. The largest absolute Gasteiger partial charge is 0.484 e. The molecule has 0 aliphatic carbocycles. The summed E-state index contributed by atoms with van der Waals surface area (Å²) < 4.78 is 5.82. The molecule has 2 amide bonds. The van der Waals surface area contributed by atoms with E-state index in [1.165, 1.54) is 0 Å². The first kappa shape index (κ1) is 24.4. The highest BCUT2D eigenvalue weighted by molar-refractivity contribution is 5.88. The first-order valence-corrected chi connectivity index (χ1v) is 11.1. The summed E-state index contributed by atoms with van der Waals surface area (Å²) in [5, 5.41) is 3.03. The minimum Gasteiger partial charge on any atom is -0.484 e. The number of hydrogen-bond donors (Lipinski definition) is 1. The number of benzene rings is 2. The van der Waals surface area contributed by atoms with Crippen LogP contribution in [0.4, 0.5) is 0 Å². The fraction of sp³-hybridized carbons (Fsp3) is 0.462. The summed E-state index contributed by atoms with van der Waals surface area (Å²) in [6.45, 7) is 12.2. The summed E-state index contributed by atoms with van der Waals surface area (Å²) in [4.78, 5) is 27.8. The average Bonchev–Trinajstić information content (AvgIpc) is 2.72. The van der Waals surface area contributed by atoms with Crippen molar-refractivity contribution in [1.29, 1.82) is 0 Å². The highest BCUT2D eigenvalue weighted by atomic mass is 16.5. The van der Waals surface area contributed by atoms with Gasteiger partial charge in [0.2, 0.25) is 5.91 Å². The van der Waals surface area contributed by atoms with Gasteiger partial charge in [0.05, 0.1) is 0 Å². The molecule has 2 atom stereocenters. The second-order valence-electron chi connectivity index (χ2n) is 8.36. The number of nitrogens with zero attached hydrogens (tertiary/aromatic N) is 1. The summed E-state index contributed by atoms with van der Waals surface area (Å²) in [5.41, 5.74) is 4.30. The van der Waals surface area contributed by atoms with Crippen molar-refractivity contribution in [2.45, 2.75) is 73.0 Å². The summed E-state index contributed by atoms with van der Waals surface area (Å²) >= 11 is 0. The van der Waals surface area contributed by atoms with Gasteiger partial charge in [0.1, 0.15) is 11.8 Å². The number of ether oxygens (including phenoxy) is 1. The smallest absolute Gasteiger partial charge is 0.261 e. The molecule has 0 spiro atoms. The van der Waals surface area contributed by atoms with Crippen molar-refractivity contribution in [3.63, 3.8) is 0 Å². The standard InChI is InChI=1S/C26H36N2O3/c1-7-21(6)27-26(30)24(8-2)28(16-22-11-9-18(3)10-12-22)25(29)17-31-23-14-19(4)13-20(5)15-23/h9-15,21,24H,7-8,16-17H2,1-6H3,(H,27,30)/t21-,24-/m0/s1. The Morgan fingerprint density at radius 1 is 0.935 bits per heavy atom. The predicted molar refractivity (Wildman–Crippen MR) is 125 cm³/mol. The van der Waals surface area contributed by atoms with Crippen molar-refractivity contribution in [2.24, 2.45) is 0 Å². The fourth-order valence-electron chi connectivity index (χ4n) is 3.50. The summed E-state index contributed by atoms with van der Waals surface area (Å²) in [5.74, 6) is 0.341. The van der Waals surface area contributed by atoms with Gasteiger partial charge in [0.25, 0.3) is 5.91 Å². The average molecular weight is 425 g/mol. The molecule has 31 heavy (non-hydrogen) atoms. The number of aryl methyl sites for hydroxylation is 3.